The third kappa shape index (κ3) is 21.0. The zero-order valence-electron chi connectivity index (χ0n) is 45.8. The summed E-state index contributed by atoms with van der Waals surface area (Å²) in [5, 5.41) is 15.5. The van der Waals surface area contributed by atoms with E-state index in [1.807, 2.05) is 0 Å². The Morgan fingerprint density at radius 3 is 1.80 bits per heavy atom. The molecular formula is C54H78N4O16. The highest BCUT2D eigenvalue weighted by atomic mass is 16.7. The first-order chi connectivity index (χ1) is 34.0. The van der Waals surface area contributed by atoms with E-state index in [2.05, 4.69) is 10.6 Å². The van der Waals surface area contributed by atoms with Gasteiger partial charge < -0.3 is 54.0 Å². The van der Waals surface area contributed by atoms with Crippen molar-refractivity contribution in [2.75, 3.05) is 27.2 Å². The summed E-state index contributed by atoms with van der Waals surface area (Å²) in [6.45, 7) is 22.0. The standard InChI is InChI=1S/C54H78N4O16/c1-32-27-40(60)43(58(15)45(62)35(19-16-17-25-55-47(65)71-51(2,3)4)30-36(59)20-18-26-57(14)48(66)72-52(5,6)7)34-22-24-42(70-50(68)74-54(11,12)13)38(31-34)37-28-33(29-39(46(63)64)56-44(32)61)21-23-41(37)69-49(67)73-53(8,9)10/h21-24,28,31-32,35,39,43H,16-20,25-27,29-30H2,1-15H3,(H,55,65)(H,56,61)(H,63,64)/t32-,35-,39+,43+/m1/s1. The molecule has 2 aromatic carbocycles. The topological polar surface area (TPSA) is 260 Å². The predicted molar refractivity (Wildman–Crippen MR) is 272 cm³/mol. The molecule has 1 heterocycles. The molecule has 0 aliphatic carbocycles. The summed E-state index contributed by atoms with van der Waals surface area (Å²) in [7, 11) is 2.94. The van der Waals surface area contributed by atoms with Crippen LogP contribution >= 0.6 is 0 Å². The van der Waals surface area contributed by atoms with Gasteiger partial charge >= 0.3 is 30.5 Å². The Hall–Kier alpha value is -6.73. The van der Waals surface area contributed by atoms with E-state index in [1.54, 1.807) is 90.1 Å². The maximum Gasteiger partial charge on any atom is 0.514 e. The molecule has 4 atom stereocenters. The highest BCUT2D eigenvalue weighted by Crippen LogP contribution is 2.41. The van der Waals surface area contributed by atoms with E-state index in [0.717, 1.165) is 0 Å². The van der Waals surface area contributed by atoms with Gasteiger partial charge in [0, 0.05) is 75.8 Å². The number of benzene rings is 2. The fraction of sp³-hybridized carbons (Fsp3) is 0.611. The third-order valence-electron chi connectivity index (χ3n) is 11.0. The van der Waals surface area contributed by atoms with E-state index in [1.165, 1.54) is 60.2 Å². The van der Waals surface area contributed by atoms with Crippen LogP contribution in [0.5, 0.6) is 11.5 Å². The number of amides is 4. The van der Waals surface area contributed by atoms with Crippen molar-refractivity contribution in [3.8, 4) is 22.6 Å². The maximum atomic E-state index is 15.0. The van der Waals surface area contributed by atoms with Crippen LogP contribution in [-0.4, -0.2) is 124 Å². The van der Waals surface area contributed by atoms with Gasteiger partial charge in [-0.1, -0.05) is 25.5 Å². The number of likely N-dealkylation sites (N-methyl/N-ethyl adjacent to an activating group) is 1. The molecule has 0 saturated heterocycles. The molecule has 3 N–H and O–H groups in total. The molecule has 410 valence electrons. The smallest absolute Gasteiger partial charge is 0.480 e. The number of aliphatic carboxylic acids is 1. The number of ether oxygens (including phenoxy) is 6. The third-order valence-corrected chi connectivity index (χ3v) is 11.0. The zero-order valence-corrected chi connectivity index (χ0v) is 45.8. The highest BCUT2D eigenvalue weighted by molar-refractivity contribution is 5.96. The van der Waals surface area contributed by atoms with Gasteiger partial charge in [0.25, 0.3) is 0 Å². The molecule has 1 aliphatic rings. The molecule has 0 radical (unpaired) electrons. The number of nitrogens with zero attached hydrogens (tertiary/aromatic N) is 2. The van der Waals surface area contributed by atoms with E-state index in [4.69, 9.17) is 28.4 Å². The molecular weight excluding hydrogens is 961 g/mol. The number of Topliss-reactive ketones (excluding diaryl/α,β-unsaturated/α-hetero) is 2. The average Bonchev–Trinajstić information content (AvgIpc) is 3.23. The SMILES string of the molecule is C[C@@H]1CC(=O)[C@@H](N(C)C(=O)[C@H](CCCCNC(=O)OC(C)(C)C)CC(=O)CCCN(C)C(=O)OC(C)(C)C)c2ccc(OC(=O)OC(C)(C)C)c(c2)-c2cc(ccc2OC(=O)OC(C)(C)C)C[C@@H](C(=O)O)NC1=O. The Labute approximate surface area is 434 Å². The van der Waals surface area contributed by atoms with Crippen LogP contribution in [0.3, 0.4) is 0 Å². The fourth-order valence-corrected chi connectivity index (χ4v) is 7.69. The second kappa shape index (κ2) is 26.0. The van der Waals surface area contributed by atoms with Gasteiger partial charge in [-0.05, 0) is 138 Å². The molecule has 4 bridgehead atoms. The van der Waals surface area contributed by atoms with Crippen LogP contribution in [0.2, 0.25) is 0 Å². The second-order valence-corrected chi connectivity index (χ2v) is 22.6. The molecule has 0 saturated carbocycles. The normalized spacial score (nSPS) is 16.8. The summed E-state index contributed by atoms with van der Waals surface area (Å²) in [5.41, 5.74) is -2.82. The highest BCUT2D eigenvalue weighted by Gasteiger charge is 2.37. The van der Waals surface area contributed by atoms with Gasteiger partial charge in [0.05, 0.1) is 0 Å². The summed E-state index contributed by atoms with van der Waals surface area (Å²) in [4.78, 5) is 124. The van der Waals surface area contributed by atoms with Crippen molar-refractivity contribution in [3.63, 3.8) is 0 Å². The van der Waals surface area contributed by atoms with Gasteiger partial charge in [-0.15, -0.1) is 0 Å². The molecule has 2 aromatic rings. The molecule has 0 aromatic heterocycles. The predicted octanol–water partition coefficient (Wildman–Crippen LogP) is 9.12. The summed E-state index contributed by atoms with van der Waals surface area (Å²) in [6.07, 6.45) is -3.24. The van der Waals surface area contributed by atoms with Gasteiger partial charge in [0.1, 0.15) is 51.8 Å². The number of ketones is 2. The molecule has 0 fully saturated rings. The Balaban J connectivity index is 2.23. The number of rotatable bonds is 16. The van der Waals surface area contributed by atoms with Crippen molar-refractivity contribution in [3.05, 3.63) is 47.5 Å². The number of nitrogens with one attached hydrogen (secondary N) is 2. The number of carboxylic acid groups (broad SMARTS) is 1. The van der Waals surface area contributed by atoms with Crippen LogP contribution in [0.1, 0.15) is 152 Å². The molecule has 3 rings (SSSR count). The number of carbonyl (C=O) groups excluding carboxylic acids is 8. The fourth-order valence-electron chi connectivity index (χ4n) is 7.69. The van der Waals surface area contributed by atoms with Crippen LogP contribution in [0.15, 0.2) is 36.4 Å². The average molecular weight is 1040 g/mol. The van der Waals surface area contributed by atoms with E-state index in [-0.39, 0.29) is 79.2 Å². The maximum absolute atomic E-state index is 15.0. The first-order valence-corrected chi connectivity index (χ1v) is 24.9. The first-order valence-electron chi connectivity index (χ1n) is 24.9. The van der Waals surface area contributed by atoms with Crippen molar-refractivity contribution >= 4 is 53.8 Å². The Morgan fingerprint density at radius 1 is 0.716 bits per heavy atom. The van der Waals surface area contributed by atoms with Crippen LogP contribution in [0.4, 0.5) is 19.2 Å². The molecule has 4 amide bonds. The molecule has 1 aliphatic heterocycles. The van der Waals surface area contributed by atoms with Crippen molar-refractivity contribution < 1.29 is 76.7 Å². The molecule has 20 nitrogen and oxygen atoms in total. The summed E-state index contributed by atoms with van der Waals surface area (Å²) in [6, 6.07) is 5.67. The molecule has 20 heteroatoms. The lowest BCUT2D eigenvalue weighted by molar-refractivity contribution is -0.144. The van der Waals surface area contributed by atoms with E-state index < -0.39 is 101 Å². The minimum Gasteiger partial charge on any atom is -0.480 e. The molecule has 0 spiro atoms. The monoisotopic (exact) mass is 1040 g/mol. The lowest BCUT2D eigenvalue weighted by Crippen LogP contribution is -2.45. The van der Waals surface area contributed by atoms with Gasteiger partial charge in [-0.25, -0.2) is 24.0 Å². The van der Waals surface area contributed by atoms with Crippen LogP contribution < -0.4 is 20.1 Å². The van der Waals surface area contributed by atoms with Gasteiger partial charge in [-0.2, -0.15) is 0 Å². The van der Waals surface area contributed by atoms with E-state index in [9.17, 15) is 43.5 Å². The van der Waals surface area contributed by atoms with Crippen LogP contribution in [-0.2, 0) is 49.3 Å². The van der Waals surface area contributed by atoms with E-state index in [0.29, 0.717) is 18.4 Å². The lowest BCUT2D eigenvalue weighted by Gasteiger charge is -2.32. The van der Waals surface area contributed by atoms with Crippen molar-refractivity contribution in [1.82, 2.24) is 20.4 Å². The quantitative estimate of drug-likeness (QED) is 0.0613. The Morgan fingerprint density at radius 2 is 1.26 bits per heavy atom. The summed E-state index contributed by atoms with van der Waals surface area (Å²) >= 11 is 0. The van der Waals surface area contributed by atoms with Gasteiger partial charge in [0.15, 0.2) is 5.78 Å². The molecule has 0 unspecified atom stereocenters. The van der Waals surface area contributed by atoms with Crippen LogP contribution in [0, 0.1) is 11.8 Å². The lowest BCUT2D eigenvalue weighted by atomic mass is 9.88. The summed E-state index contributed by atoms with van der Waals surface area (Å²) in [5.74, 6) is -6.04. The minimum atomic E-state index is -1.49. The zero-order chi connectivity index (χ0) is 56.1. The number of carboxylic acids is 1. The van der Waals surface area contributed by atoms with Crippen molar-refractivity contribution in [2.24, 2.45) is 11.8 Å². The minimum absolute atomic E-state index is 0.00237. The van der Waals surface area contributed by atoms with E-state index >= 15 is 4.79 Å². The van der Waals surface area contributed by atoms with Crippen LogP contribution in [0.25, 0.3) is 11.1 Å². The number of unbranched alkanes of at least 4 members (excludes halogenated alkanes) is 1. The number of alkyl carbamates (subject to hydrolysis) is 1. The number of fused-ring (bicyclic) bond motifs is 5. The Bertz CT molecular complexity index is 2370. The molecule has 74 heavy (non-hydrogen) atoms. The summed E-state index contributed by atoms with van der Waals surface area (Å²) < 4.78 is 33.2. The van der Waals surface area contributed by atoms with Gasteiger partial charge in [-0.3, -0.25) is 19.2 Å². The Kier molecular flexibility index (Phi) is 21.6. The number of hydrogen-bond donors (Lipinski definition) is 3. The number of hydrogen-bond acceptors (Lipinski definition) is 15. The largest absolute Gasteiger partial charge is 0.514 e. The first kappa shape index (κ1) is 61.6. The van der Waals surface area contributed by atoms with Crippen molar-refractivity contribution in [2.45, 2.75) is 176 Å². The number of carbonyl (C=O) groups is 9. The van der Waals surface area contributed by atoms with Crippen molar-refractivity contribution in [1.29, 1.82) is 0 Å². The second-order valence-electron chi connectivity index (χ2n) is 22.6. The van der Waals surface area contributed by atoms with Gasteiger partial charge in [0.2, 0.25) is 11.8 Å².